The molecule has 2 aromatic rings. The van der Waals surface area contributed by atoms with Gasteiger partial charge in [0.2, 0.25) is 5.91 Å². The van der Waals surface area contributed by atoms with Gasteiger partial charge in [-0.1, -0.05) is 12.1 Å². The number of fused-ring (bicyclic) bond motifs is 1. The molecule has 152 valence electrons. The van der Waals surface area contributed by atoms with E-state index in [1.54, 1.807) is 41.3 Å². The monoisotopic (exact) mass is 413 g/mol. The van der Waals surface area contributed by atoms with Gasteiger partial charge in [-0.25, -0.2) is 8.42 Å². The number of carbonyl (C=O) groups excluding carboxylic acids is 2. The maximum Gasteiger partial charge on any atom is 0.261 e. The summed E-state index contributed by atoms with van der Waals surface area (Å²) in [4.78, 5) is 26.0. The van der Waals surface area contributed by atoms with Crippen molar-refractivity contribution in [2.24, 2.45) is 0 Å². The van der Waals surface area contributed by atoms with Gasteiger partial charge in [-0.3, -0.25) is 14.3 Å². The van der Waals surface area contributed by atoms with Crippen molar-refractivity contribution in [1.82, 2.24) is 5.32 Å². The smallest absolute Gasteiger partial charge is 0.261 e. The highest BCUT2D eigenvalue weighted by Crippen LogP contribution is 2.30. The standard InChI is InChI=1S/C21H23N3O4S/c1-14(25)24-12-4-5-15-13-17(10-11-20(15)24)29(27,28)23-19-7-3-2-6-18(19)21(26)22-16-8-9-16/h2-3,6-7,10-11,13,16,23H,4-5,8-9,12H2,1H3,(H,22,26). The Hall–Kier alpha value is -2.87. The predicted molar refractivity (Wildman–Crippen MR) is 111 cm³/mol. The fraction of sp³-hybridized carbons (Fsp3) is 0.333. The summed E-state index contributed by atoms with van der Waals surface area (Å²) in [5, 5.41) is 2.88. The van der Waals surface area contributed by atoms with Gasteiger partial charge in [0, 0.05) is 25.2 Å². The fourth-order valence-electron chi connectivity index (χ4n) is 3.53. The molecule has 8 heteroatoms. The summed E-state index contributed by atoms with van der Waals surface area (Å²) in [5.74, 6) is -0.344. The Morgan fingerprint density at radius 2 is 1.86 bits per heavy atom. The number of nitrogens with one attached hydrogen (secondary N) is 2. The summed E-state index contributed by atoms with van der Waals surface area (Å²) in [6.45, 7) is 2.14. The van der Waals surface area contributed by atoms with Crippen molar-refractivity contribution in [2.45, 2.75) is 43.5 Å². The number of rotatable bonds is 5. The Kier molecular flexibility index (Phi) is 5.04. The first-order valence-corrected chi connectivity index (χ1v) is 11.2. The molecule has 2 aliphatic rings. The van der Waals surface area contributed by atoms with Gasteiger partial charge in [0.15, 0.2) is 0 Å². The highest BCUT2D eigenvalue weighted by atomic mass is 32.2. The first-order chi connectivity index (χ1) is 13.8. The van der Waals surface area contributed by atoms with Gasteiger partial charge in [-0.05, 0) is 61.6 Å². The van der Waals surface area contributed by atoms with Crippen LogP contribution in [0.5, 0.6) is 0 Å². The number of hydrogen-bond acceptors (Lipinski definition) is 4. The van der Waals surface area contributed by atoms with E-state index in [-0.39, 0.29) is 28.4 Å². The fourth-order valence-corrected chi connectivity index (χ4v) is 4.66. The van der Waals surface area contributed by atoms with Gasteiger partial charge in [0.05, 0.1) is 16.1 Å². The molecule has 0 aromatic heterocycles. The maximum atomic E-state index is 13.0. The molecule has 0 saturated heterocycles. The first kappa shape index (κ1) is 19.4. The molecule has 1 heterocycles. The SMILES string of the molecule is CC(=O)N1CCCc2cc(S(=O)(=O)Nc3ccccc3C(=O)NC3CC3)ccc21. The van der Waals surface area contributed by atoms with E-state index >= 15 is 0 Å². The highest BCUT2D eigenvalue weighted by Gasteiger charge is 2.27. The largest absolute Gasteiger partial charge is 0.349 e. The van der Waals surface area contributed by atoms with Crippen molar-refractivity contribution in [2.75, 3.05) is 16.2 Å². The second-order valence-electron chi connectivity index (χ2n) is 7.46. The predicted octanol–water partition coefficient (Wildman–Crippen LogP) is 2.68. The summed E-state index contributed by atoms with van der Waals surface area (Å²) < 4.78 is 28.5. The van der Waals surface area contributed by atoms with Crippen molar-refractivity contribution in [1.29, 1.82) is 0 Å². The van der Waals surface area contributed by atoms with E-state index in [1.807, 2.05) is 0 Å². The molecule has 0 radical (unpaired) electrons. The van der Waals surface area contributed by atoms with E-state index in [9.17, 15) is 18.0 Å². The normalized spacial score (nSPS) is 16.1. The lowest BCUT2D eigenvalue weighted by atomic mass is 10.0. The lowest BCUT2D eigenvalue weighted by molar-refractivity contribution is -0.116. The van der Waals surface area contributed by atoms with Crippen LogP contribution in [0, 0.1) is 0 Å². The number of carbonyl (C=O) groups is 2. The van der Waals surface area contributed by atoms with E-state index < -0.39 is 10.0 Å². The van der Waals surface area contributed by atoms with Crippen LogP contribution >= 0.6 is 0 Å². The second-order valence-corrected chi connectivity index (χ2v) is 9.15. The molecule has 0 atom stereocenters. The Morgan fingerprint density at radius 1 is 1.10 bits per heavy atom. The number of hydrogen-bond donors (Lipinski definition) is 2. The molecule has 0 unspecified atom stereocenters. The van der Waals surface area contributed by atoms with Crippen molar-refractivity contribution in [3.05, 3.63) is 53.6 Å². The Balaban J connectivity index is 1.62. The molecular weight excluding hydrogens is 390 g/mol. The molecule has 1 aliphatic carbocycles. The molecule has 2 N–H and O–H groups in total. The highest BCUT2D eigenvalue weighted by molar-refractivity contribution is 7.92. The average molecular weight is 413 g/mol. The summed E-state index contributed by atoms with van der Waals surface area (Å²) >= 11 is 0. The minimum Gasteiger partial charge on any atom is -0.349 e. The number of aryl methyl sites for hydroxylation is 1. The summed E-state index contributed by atoms with van der Waals surface area (Å²) in [5.41, 5.74) is 2.12. The van der Waals surface area contributed by atoms with Crippen LogP contribution in [0.25, 0.3) is 0 Å². The average Bonchev–Trinajstić information content (AvgIpc) is 3.51. The van der Waals surface area contributed by atoms with Gasteiger partial charge >= 0.3 is 0 Å². The first-order valence-electron chi connectivity index (χ1n) is 9.69. The van der Waals surface area contributed by atoms with Gasteiger partial charge in [-0.15, -0.1) is 0 Å². The zero-order valence-corrected chi connectivity index (χ0v) is 17.0. The molecule has 29 heavy (non-hydrogen) atoms. The second kappa shape index (κ2) is 7.51. The van der Waals surface area contributed by atoms with Crippen LogP contribution in [0.3, 0.4) is 0 Å². The van der Waals surface area contributed by atoms with Crippen molar-refractivity contribution < 1.29 is 18.0 Å². The number of nitrogens with zero attached hydrogens (tertiary/aromatic N) is 1. The van der Waals surface area contributed by atoms with E-state index in [0.29, 0.717) is 18.5 Å². The Bertz CT molecular complexity index is 1080. The molecule has 4 rings (SSSR count). The number of anilines is 2. The number of benzene rings is 2. The van der Waals surface area contributed by atoms with Crippen LogP contribution in [0.15, 0.2) is 47.4 Å². The number of sulfonamides is 1. The summed E-state index contributed by atoms with van der Waals surface area (Å²) in [7, 11) is -3.89. The molecule has 1 saturated carbocycles. The molecular formula is C21H23N3O4S. The Labute approximate surface area is 170 Å². The van der Waals surface area contributed by atoms with Crippen LogP contribution in [-0.2, 0) is 21.2 Å². The lowest BCUT2D eigenvalue weighted by Gasteiger charge is -2.28. The van der Waals surface area contributed by atoms with E-state index in [2.05, 4.69) is 10.0 Å². The molecule has 0 spiro atoms. The molecule has 1 fully saturated rings. The van der Waals surface area contributed by atoms with Crippen molar-refractivity contribution >= 4 is 33.2 Å². The lowest BCUT2D eigenvalue weighted by Crippen LogP contribution is -2.33. The number of amides is 2. The van der Waals surface area contributed by atoms with Gasteiger partial charge in [-0.2, -0.15) is 0 Å². The van der Waals surface area contributed by atoms with Crippen molar-refractivity contribution in [3.63, 3.8) is 0 Å². The van der Waals surface area contributed by atoms with Crippen LogP contribution in [0.1, 0.15) is 42.1 Å². The van der Waals surface area contributed by atoms with Crippen LogP contribution < -0.4 is 14.9 Å². The molecule has 2 aromatic carbocycles. The maximum absolute atomic E-state index is 13.0. The number of para-hydroxylation sites is 1. The minimum atomic E-state index is -3.89. The van der Waals surface area contributed by atoms with Crippen LogP contribution in [0.4, 0.5) is 11.4 Å². The van der Waals surface area contributed by atoms with Gasteiger partial charge < -0.3 is 10.2 Å². The molecule has 7 nitrogen and oxygen atoms in total. The Morgan fingerprint density at radius 3 is 2.59 bits per heavy atom. The third kappa shape index (κ3) is 4.12. The zero-order valence-electron chi connectivity index (χ0n) is 16.1. The zero-order chi connectivity index (χ0) is 20.6. The minimum absolute atomic E-state index is 0.0599. The quantitative estimate of drug-likeness (QED) is 0.788. The van der Waals surface area contributed by atoms with Crippen molar-refractivity contribution in [3.8, 4) is 0 Å². The van der Waals surface area contributed by atoms with Crippen LogP contribution in [0.2, 0.25) is 0 Å². The topological polar surface area (TPSA) is 95.6 Å². The van der Waals surface area contributed by atoms with Gasteiger partial charge in [0.1, 0.15) is 0 Å². The third-order valence-corrected chi connectivity index (χ3v) is 6.55. The van der Waals surface area contributed by atoms with Gasteiger partial charge in [0.25, 0.3) is 15.9 Å². The van der Waals surface area contributed by atoms with Crippen LogP contribution in [-0.4, -0.2) is 32.8 Å². The molecule has 0 bridgehead atoms. The molecule has 2 amide bonds. The van der Waals surface area contributed by atoms with E-state index in [1.165, 1.54) is 13.0 Å². The summed E-state index contributed by atoms with van der Waals surface area (Å²) in [6.07, 6.45) is 3.40. The van der Waals surface area contributed by atoms with E-state index in [0.717, 1.165) is 30.5 Å². The summed E-state index contributed by atoms with van der Waals surface area (Å²) in [6, 6.07) is 11.5. The third-order valence-electron chi connectivity index (χ3n) is 5.19. The molecule has 1 aliphatic heterocycles. The van der Waals surface area contributed by atoms with E-state index in [4.69, 9.17) is 0 Å².